The van der Waals surface area contributed by atoms with E-state index in [4.69, 9.17) is 4.74 Å². The van der Waals surface area contributed by atoms with Crippen LogP contribution >= 0.6 is 0 Å². The highest BCUT2D eigenvalue weighted by Gasteiger charge is 2.17. The first-order valence-corrected chi connectivity index (χ1v) is 5.88. The molecule has 0 radical (unpaired) electrons. The summed E-state index contributed by atoms with van der Waals surface area (Å²) in [6, 6.07) is 0. The molecule has 1 atom stereocenters. The maximum absolute atomic E-state index is 5.70. The van der Waals surface area contributed by atoms with Crippen LogP contribution in [0.15, 0.2) is 6.33 Å². The minimum atomic E-state index is 0.360. The minimum absolute atomic E-state index is 0.360. The molecule has 4 heteroatoms. The van der Waals surface area contributed by atoms with Crippen LogP contribution in [0.5, 0.6) is 0 Å². The van der Waals surface area contributed by atoms with Crippen molar-refractivity contribution in [3.63, 3.8) is 0 Å². The molecule has 1 aliphatic rings. The highest BCUT2D eigenvalue weighted by Crippen LogP contribution is 2.16. The highest BCUT2D eigenvalue weighted by atomic mass is 16.5. The molecule has 0 N–H and O–H groups in total. The summed E-state index contributed by atoms with van der Waals surface area (Å²) in [5.74, 6) is 1.07. The van der Waals surface area contributed by atoms with Gasteiger partial charge in [-0.1, -0.05) is 6.92 Å². The lowest BCUT2D eigenvalue weighted by Crippen LogP contribution is -2.23. The summed E-state index contributed by atoms with van der Waals surface area (Å²) in [5, 5.41) is 8.13. The van der Waals surface area contributed by atoms with Crippen LogP contribution in [0.25, 0.3) is 0 Å². The van der Waals surface area contributed by atoms with Gasteiger partial charge < -0.3 is 9.30 Å². The molecule has 1 fully saturated rings. The SMILES string of the molecule is CCCn1cnnc1CC1CCCCO1. The lowest BCUT2D eigenvalue weighted by atomic mass is 10.1. The Morgan fingerprint density at radius 3 is 3.20 bits per heavy atom. The van der Waals surface area contributed by atoms with Gasteiger partial charge in [-0.15, -0.1) is 10.2 Å². The van der Waals surface area contributed by atoms with Gasteiger partial charge in [0.05, 0.1) is 6.10 Å². The molecule has 2 rings (SSSR count). The van der Waals surface area contributed by atoms with Crippen molar-refractivity contribution in [2.45, 2.75) is 51.7 Å². The molecule has 4 nitrogen and oxygen atoms in total. The molecular formula is C11H19N3O. The van der Waals surface area contributed by atoms with E-state index in [1.807, 2.05) is 6.33 Å². The summed E-state index contributed by atoms with van der Waals surface area (Å²) >= 11 is 0. The largest absolute Gasteiger partial charge is 0.378 e. The molecule has 84 valence electrons. The van der Waals surface area contributed by atoms with Gasteiger partial charge in [0.25, 0.3) is 0 Å². The first-order chi connectivity index (χ1) is 7.40. The van der Waals surface area contributed by atoms with E-state index in [2.05, 4.69) is 21.7 Å². The highest BCUT2D eigenvalue weighted by molar-refractivity contribution is 4.89. The van der Waals surface area contributed by atoms with Gasteiger partial charge in [-0.25, -0.2) is 0 Å². The van der Waals surface area contributed by atoms with E-state index >= 15 is 0 Å². The van der Waals surface area contributed by atoms with Crippen molar-refractivity contribution in [1.29, 1.82) is 0 Å². The molecule has 0 amide bonds. The Hall–Kier alpha value is -0.900. The Balaban J connectivity index is 1.93. The third kappa shape index (κ3) is 2.78. The summed E-state index contributed by atoms with van der Waals surface area (Å²) in [4.78, 5) is 0. The van der Waals surface area contributed by atoms with Crippen LogP contribution in [-0.4, -0.2) is 27.5 Å². The molecule has 0 bridgehead atoms. The second-order valence-electron chi connectivity index (χ2n) is 4.13. The standard InChI is InChI=1S/C11H19N3O/c1-2-6-14-9-12-13-11(14)8-10-5-3-4-7-15-10/h9-10H,2-8H2,1H3. The average Bonchev–Trinajstić information content (AvgIpc) is 2.68. The molecule has 0 spiro atoms. The molecule has 1 unspecified atom stereocenters. The third-order valence-electron chi connectivity index (χ3n) is 2.84. The molecule has 15 heavy (non-hydrogen) atoms. The Labute approximate surface area is 90.7 Å². The van der Waals surface area contributed by atoms with Crippen molar-refractivity contribution < 1.29 is 4.74 Å². The second kappa shape index (κ2) is 5.26. The molecule has 1 aromatic heterocycles. The lowest BCUT2D eigenvalue weighted by Gasteiger charge is -2.22. The van der Waals surface area contributed by atoms with Gasteiger partial charge in [-0.2, -0.15) is 0 Å². The van der Waals surface area contributed by atoms with Crippen LogP contribution in [0, 0.1) is 0 Å². The zero-order valence-electron chi connectivity index (χ0n) is 9.35. The fraction of sp³-hybridized carbons (Fsp3) is 0.818. The van der Waals surface area contributed by atoms with Gasteiger partial charge in [0.2, 0.25) is 0 Å². The Morgan fingerprint density at radius 1 is 1.53 bits per heavy atom. The van der Waals surface area contributed by atoms with E-state index in [0.717, 1.165) is 31.8 Å². The van der Waals surface area contributed by atoms with Gasteiger partial charge in [0.1, 0.15) is 12.2 Å². The van der Waals surface area contributed by atoms with Crippen molar-refractivity contribution in [3.8, 4) is 0 Å². The number of aromatic nitrogens is 3. The number of nitrogens with zero attached hydrogens (tertiary/aromatic N) is 3. The van der Waals surface area contributed by atoms with E-state index < -0.39 is 0 Å². The Bertz CT molecular complexity index is 292. The number of hydrogen-bond donors (Lipinski definition) is 0. The van der Waals surface area contributed by atoms with E-state index in [0.29, 0.717) is 6.10 Å². The van der Waals surface area contributed by atoms with Crippen LogP contribution < -0.4 is 0 Å². The second-order valence-corrected chi connectivity index (χ2v) is 4.13. The molecule has 1 aliphatic heterocycles. The van der Waals surface area contributed by atoms with Crippen molar-refractivity contribution >= 4 is 0 Å². The maximum atomic E-state index is 5.70. The summed E-state index contributed by atoms with van der Waals surface area (Å²) in [6.07, 6.45) is 7.88. The molecular weight excluding hydrogens is 190 g/mol. The van der Waals surface area contributed by atoms with Crippen LogP contribution in [0.1, 0.15) is 38.4 Å². The van der Waals surface area contributed by atoms with E-state index in [-0.39, 0.29) is 0 Å². The summed E-state index contributed by atoms with van der Waals surface area (Å²) in [6.45, 7) is 4.09. The summed E-state index contributed by atoms with van der Waals surface area (Å²) in [7, 11) is 0. The van der Waals surface area contributed by atoms with Crippen molar-refractivity contribution in [1.82, 2.24) is 14.8 Å². The predicted molar refractivity (Wildman–Crippen MR) is 57.6 cm³/mol. The van der Waals surface area contributed by atoms with Crippen molar-refractivity contribution in [3.05, 3.63) is 12.2 Å². The fourth-order valence-corrected chi connectivity index (χ4v) is 2.04. The predicted octanol–water partition coefficient (Wildman–Crippen LogP) is 1.80. The van der Waals surface area contributed by atoms with Gasteiger partial charge in [-0.05, 0) is 25.7 Å². The van der Waals surface area contributed by atoms with E-state index in [1.165, 1.54) is 19.3 Å². The zero-order chi connectivity index (χ0) is 10.5. The van der Waals surface area contributed by atoms with Crippen LogP contribution in [0.4, 0.5) is 0 Å². The van der Waals surface area contributed by atoms with Crippen LogP contribution in [-0.2, 0) is 17.7 Å². The first-order valence-electron chi connectivity index (χ1n) is 5.88. The summed E-state index contributed by atoms with van der Waals surface area (Å²) < 4.78 is 7.84. The quantitative estimate of drug-likeness (QED) is 0.759. The van der Waals surface area contributed by atoms with Crippen LogP contribution in [0.2, 0.25) is 0 Å². The van der Waals surface area contributed by atoms with Crippen molar-refractivity contribution in [2.24, 2.45) is 0 Å². The maximum Gasteiger partial charge on any atom is 0.135 e. The molecule has 0 aliphatic carbocycles. The zero-order valence-corrected chi connectivity index (χ0v) is 9.35. The molecule has 2 heterocycles. The van der Waals surface area contributed by atoms with Gasteiger partial charge in [0, 0.05) is 19.6 Å². The minimum Gasteiger partial charge on any atom is -0.378 e. The number of rotatable bonds is 4. The first kappa shape index (κ1) is 10.6. The van der Waals surface area contributed by atoms with Gasteiger partial charge in [-0.3, -0.25) is 0 Å². The number of hydrogen-bond acceptors (Lipinski definition) is 3. The average molecular weight is 209 g/mol. The molecule has 1 aromatic rings. The van der Waals surface area contributed by atoms with Crippen molar-refractivity contribution in [2.75, 3.05) is 6.61 Å². The van der Waals surface area contributed by atoms with Crippen LogP contribution in [0.3, 0.4) is 0 Å². The lowest BCUT2D eigenvalue weighted by molar-refractivity contribution is 0.0151. The Kier molecular flexibility index (Phi) is 3.72. The third-order valence-corrected chi connectivity index (χ3v) is 2.84. The molecule has 0 aromatic carbocycles. The van der Waals surface area contributed by atoms with E-state index in [1.54, 1.807) is 0 Å². The molecule has 0 saturated carbocycles. The van der Waals surface area contributed by atoms with Gasteiger partial charge >= 0.3 is 0 Å². The number of ether oxygens (including phenoxy) is 1. The number of aryl methyl sites for hydroxylation is 1. The monoisotopic (exact) mass is 209 g/mol. The fourth-order valence-electron chi connectivity index (χ4n) is 2.04. The smallest absolute Gasteiger partial charge is 0.135 e. The Morgan fingerprint density at radius 2 is 2.47 bits per heavy atom. The normalized spacial score (nSPS) is 21.8. The topological polar surface area (TPSA) is 39.9 Å². The van der Waals surface area contributed by atoms with E-state index in [9.17, 15) is 0 Å². The molecule has 1 saturated heterocycles. The van der Waals surface area contributed by atoms with Gasteiger partial charge in [0.15, 0.2) is 0 Å². The summed E-state index contributed by atoms with van der Waals surface area (Å²) in [5.41, 5.74) is 0.